The van der Waals surface area contributed by atoms with Crippen LogP contribution in [-0.2, 0) is 0 Å². The summed E-state index contributed by atoms with van der Waals surface area (Å²) < 4.78 is 5.73. The smallest absolute Gasteiger partial charge is 0.119 e. The van der Waals surface area contributed by atoms with Crippen molar-refractivity contribution in [1.82, 2.24) is 5.32 Å². The first-order valence-electron chi connectivity index (χ1n) is 8.37. The van der Waals surface area contributed by atoms with E-state index in [9.17, 15) is 0 Å². The molecule has 1 aromatic carbocycles. The number of allylic oxidation sites excluding steroid dienone is 1. The molecule has 1 atom stereocenters. The van der Waals surface area contributed by atoms with E-state index in [4.69, 9.17) is 4.74 Å². The van der Waals surface area contributed by atoms with E-state index in [-0.39, 0.29) is 6.10 Å². The third-order valence-corrected chi connectivity index (χ3v) is 3.96. The standard InChI is InChI=1S/C19H29NO/c1-4-20-19(14-16-8-6-5-7-9-16)17-10-12-18(13-11-17)21-15(2)3/h8,10-13,15,19-20H,4-7,9,14H2,1-3H3. The summed E-state index contributed by atoms with van der Waals surface area (Å²) in [4.78, 5) is 0. The molecule has 0 saturated carbocycles. The minimum atomic E-state index is 0.229. The molecule has 0 aromatic heterocycles. The molecular formula is C19H29NO. The first kappa shape index (κ1) is 16.1. The van der Waals surface area contributed by atoms with Gasteiger partial charge in [-0.1, -0.05) is 30.7 Å². The van der Waals surface area contributed by atoms with Gasteiger partial charge in [-0.05, 0) is 70.2 Å². The number of rotatable bonds is 7. The maximum absolute atomic E-state index is 5.73. The summed E-state index contributed by atoms with van der Waals surface area (Å²) in [6, 6.07) is 9.01. The lowest BCUT2D eigenvalue weighted by Gasteiger charge is -2.22. The Hall–Kier alpha value is -1.28. The number of benzene rings is 1. The zero-order chi connectivity index (χ0) is 15.1. The van der Waals surface area contributed by atoms with Crippen molar-refractivity contribution in [2.75, 3.05) is 6.54 Å². The summed E-state index contributed by atoms with van der Waals surface area (Å²) in [5.41, 5.74) is 2.98. The van der Waals surface area contributed by atoms with Crippen LogP contribution < -0.4 is 10.1 Å². The lowest BCUT2D eigenvalue weighted by molar-refractivity contribution is 0.242. The third-order valence-electron chi connectivity index (χ3n) is 3.96. The maximum atomic E-state index is 5.73. The zero-order valence-electron chi connectivity index (χ0n) is 13.7. The quantitative estimate of drug-likeness (QED) is 0.711. The van der Waals surface area contributed by atoms with Crippen molar-refractivity contribution in [3.05, 3.63) is 41.5 Å². The van der Waals surface area contributed by atoms with Gasteiger partial charge >= 0.3 is 0 Å². The van der Waals surface area contributed by atoms with Crippen LogP contribution in [0.4, 0.5) is 0 Å². The maximum Gasteiger partial charge on any atom is 0.119 e. The molecular weight excluding hydrogens is 258 g/mol. The van der Waals surface area contributed by atoms with Crippen molar-refractivity contribution in [3.63, 3.8) is 0 Å². The average Bonchev–Trinajstić information content (AvgIpc) is 2.48. The Kier molecular flexibility index (Phi) is 6.31. The Morgan fingerprint density at radius 2 is 1.90 bits per heavy atom. The predicted octanol–water partition coefficient (Wildman–Crippen LogP) is 5.01. The van der Waals surface area contributed by atoms with Crippen LogP contribution in [0.3, 0.4) is 0 Å². The molecule has 2 nitrogen and oxygen atoms in total. The molecule has 1 aliphatic carbocycles. The van der Waals surface area contributed by atoms with Crippen molar-refractivity contribution in [2.24, 2.45) is 0 Å². The second kappa shape index (κ2) is 8.23. The van der Waals surface area contributed by atoms with Gasteiger partial charge in [0.05, 0.1) is 6.10 Å². The molecule has 0 amide bonds. The van der Waals surface area contributed by atoms with Gasteiger partial charge < -0.3 is 10.1 Å². The number of hydrogen-bond donors (Lipinski definition) is 1. The van der Waals surface area contributed by atoms with Crippen LogP contribution in [0.1, 0.15) is 64.5 Å². The van der Waals surface area contributed by atoms with Gasteiger partial charge in [-0.2, -0.15) is 0 Å². The summed E-state index contributed by atoms with van der Waals surface area (Å²) in [7, 11) is 0. The minimum Gasteiger partial charge on any atom is -0.491 e. The minimum absolute atomic E-state index is 0.229. The van der Waals surface area contributed by atoms with Crippen LogP contribution in [-0.4, -0.2) is 12.6 Å². The lowest BCUT2D eigenvalue weighted by atomic mass is 9.91. The first-order valence-corrected chi connectivity index (χ1v) is 8.37. The van der Waals surface area contributed by atoms with Crippen molar-refractivity contribution in [3.8, 4) is 5.75 Å². The molecule has 21 heavy (non-hydrogen) atoms. The molecule has 1 unspecified atom stereocenters. The summed E-state index contributed by atoms with van der Waals surface area (Å²) in [6.07, 6.45) is 9.06. The van der Waals surface area contributed by atoms with Gasteiger partial charge in [0, 0.05) is 6.04 Å². The van der Waals surface area contributed by atoms with Crippen LogP contribution in [0.25, 0.3) is 0 Å². The van der Waals surface area contributed by atoms with Crippen molar-refractivity contribution < 1.29 is 4.74 Å². The van der Waals surface area contributed by atoms with Crippen molar-refractivity contribution in [1.29, 1.82) is 0 Å². The SMILES string of the molecule is CCNC(CC1=CCCCC1)c1ccc(OC(C)C)cc1. The van der Waals surface area contributed by atoms with E-state index < -0.39 is 0 Å². The molecule has 1 aliphatic rings. The van der Waals surface area contributed by atoms with Gasteiger partial charge in [-0.25, -0.2) is 0 Å². The van der Waals surface area contributed by atoms with E-state index in [0.29, 0.717) is 6.04 Å². The number of nitrogens with one attached hydrogen (secondary N) is 1. The highest BCUT2D eigenvalue weighted by atomic mass is 16.5. The van der Waals surface area contributed by atoms with Crippen LogP contribution in [0.2, 0.25) is 0 Å². The van der Waals surface area contributed by atoms with E-state index in [0.717, 1.165) is 18.7 Å². The second-order valence-electron chi connectivity index (χ2n) is 6.16. The van der Waals surface area contributed by atoms with E-state index in [1.807, 2.05) is 0 Å². The van der Waals surface area contributed by atoms with Gasteiger partial charge in [0.25, 0.3) is 0 Å². The fraction of sp³-hybridized carbons (Fsp3) is 0.579. The molecule has 0 fully saturated rings. The zero-order valence-corrected chi connectivity index (χ0v) is 13.7. The molecule has 0 radical (unpaired) electrons. The fourth-order valence-electron chi connectivity index (χ4n) is 2.96. The van der Waals surface area contributed by atoms with Crippen LogP contribution in [0.15, 0.2) is 35.9 Å². The highest BCUT2D eigenvalue weighted by Crippen LogP contribution is 2.28. The van der Waals surface area contributed by atoms with E-state index in [1.165, 1.54) is 31.2 Å². The monoisotopic (exact) mass is 287 g/mol. The Morgan fingerprint density at radius 3 is 2.48 bits per heavy atom. The van der Waals surface area contributed by atoms with Gasteiger partial charge in [0.15, 0.2) is 0 Å². The fourth-order valence-corrected chi connectivity index (χ4v) is 2.96. The highest BCUT2D eigenvalue weighted by molar-refractivity contribution is 5.30. The summed E-state index contributed by atoms with van der Waals surface area (Å²) >= 11 is 0. The Morgan fingerprint density at radius 1 is 1.14 bits per heavy atom. The molecule has 0 heterocycles. The van der Waals surface area contributed by atoms with Gasteiger partial charge in [0.2, 0.25) is 0 Å². The largest absolute Gasteiger partial charge is 0.491 e. The third kappa shape index (κ3) is 5.20. The van der Waals surface area contributed by atoms with Gasteiger partial charge in [-0.3, -0.25) is 0 Å². The van der Waals surface area contributed by atoms with Crippen LogP contribution in [0, 0.1) is 0 Å². The van der Waals surface area contributed by atoms with E-state index in [1.54, 1.807) is 5.57 Å². The molecule has 2 heteroatoms. The summed E-state index contributed by atoms with van der Waals surface area (Å²) in [5.74, 6) is 0.959. The van der Waals surface area contributed by atoms with E-state index >= 15 is 0 Å². The Balaban J connectivity index is 2.04. The van der Waals surface area contributed by atoms with Gasteiger partial charge in [-0.15, -0.1) is 0 Å². The molecule has 0 aliphatic heterocycles. The molecule has 1 aromatic rings. The molecule has 0 bridgehead atoms. The topological polar surface area (TPSA) is 21.3 Å². The van der Waals surface area contributed by atoms with E-state index in [2.05, 4.69) is 56.4 Å². The first-order chi connectivity index (χ1) is 10.2. The molecule has 116 valence electrons. The number of ether oxygens (including phenoxy) is 1. The Labute approximate surface area is 129 Å². The molecule has 1 N–H and O–H groups in total. The molecule has 0 saturated heterocycles. The lowest BCUT2D eigenvalue weighted by Crippen LogP contribution is -2.21. The van der Waals surface area contributed by atoms with Crippen LogP contribution in [0.5, 0.6) is 5.75 Å². The van der Waals surface area contributed by atoms with Crippen molar-refractivity contribution in [2.45, 2.75) is 65.0 Å². The predicted molar refractivity (Wildman–Crippen MR) is 89.8 cm³/mol. The summed E-state index contributed by atoms with van der Waals surface area (Å²) in [5, 5.41) is 3.62. The second-order valence-corrected chi connectivity index (χ2v) is 6.16. The van der Waals surface area contributed by atoms with Gasteiger partial charge in [0.1, 0.15) is 5.75 Å². The molecule has 2 rings (SSSR count). The Bertz CT molecular complexity index is 447. The normalized spacial score (nSPS) is 16.7. The highest BCUT2D eigenvalue weighted by Gasteiger charge is 2.14. The number of hydrogen-bond acceptors (Lipinski definition) is 2. The molecule has 0 spiro atoms. The average molecular weight is 287 g/mol. The van der Waals surface area contributed by atoms with Crippen LogP contribution >= 0.6 is 0 Å². The summed E-state index contributed by atoms with van der Waals surface area (Å²) in [6.45, 7) is 7.30. The van der Waals surface area contributed by atoms with Crippen molar-refractivity contribution >= 4 is 0 Å².